The number of hydrogen-bond donors (Lipinski definition) is 1. The van der Waals surface area contributed by atoms with Gasteiger partial charge in [0.05, 0.1) is 13.3 Å². The molecule has 0 bridgehead atoms. The fourth-order valence-electron chi connectivity index (χ4n) is 2.62. The van der Waals surface area contributed by atoms with Crippen LogP contribution in [0.5, 0.6) is 11.5 Å². The van der Waals surface area contributed by atoms with Gasteiger partial charge in [0, 0.05) is 35.8 Å². The summed E-state index contributed by atoms with van der Waals surface area (Å²) in [5.41, 5.74) is 8.37. The molecule has 0 radical (unpaired) electrons. The molecule has 0 fully saturated rings. The number of nitrogens with zero attached hydrogens (tertiary/aromatic N) is 2. The first-order valence-corrected chi connectivity index (χ1v) is 7.22. The van der Waals surface area contributed by atoms with E-state index in [0.717, 1.165) is 29.0 Å². The molecule has 1 aliphatic rings. The molecule has 1 aromatic heterocycles. The second kappa shape index (κ2) is 5.41. The number of benzene rings is 1. The molecule has 5 nitrogen and oxygen atoms in total. The summed E-state index contributed by atoms with van der Waals surface area (Å²) in [5, 5.41) is 4.38. The van der Waals surface area contributed by atoms with Crippen molar-refractivity contribution in [2.45, 2.75) is 38.5 Å². The van der Waals surface area contributed by atoms with E-state index >= 15 is 0 Å². The fraction of sp³-hybridized carbons (Fsp3) is 0.438. The summed E-state index contributed by atoms with van der Waals surface area (Å²) in [7, 11) is 1.65. The van der Waals surface area contributed by atoms with Gasteiger partial charge in [-0.15, -0.1) is 0 Å². The highest BCUT2D eigenvalue weighted by Gasteiger charge is 2.28. The van der Waals surface area contributed by atoms with E-state index in [1.54, 1.807) is 7.11 Å². The second-order valence-corrected chi connectivity index (χ2v) is 5.70. The molecule has 21 heavy (non-hydrogen) atoms. The Balaban J connectivity index is 1.87. The maximum atomic E-state index is 6.30. The van der Waals surface area contributed by atoms with Gasteiger partial charge in [0.1, 0.15) is 17.6 Å². The first-order chi connectivity index (χ1) is 10.1. The molecule has 2 N–H and O–H groups in total. The Bertz CT molecular complexity index is 636. The smallest absolute Gasteiger partial charge is 0.129 e. The van der Waals surface area contributed by atoms with E-state index in [1.807, 2.05) is 35.3 Å². The van der Waals surface area contributed by atoms with Gasteiger partial charge >= 0.3 is 0 Å². The van der Waals surface area contributed by atoms with Crippen molar-refractivity contribution in [1.82, 2.24) is 9.78 Å². The summed E-state index contributed by atoms with van der Waals surface area (Å²) in [5.74, 6) is 1.63. The van der Waals surface area contributed by atoms with Gasteiger partial charge in [0.25, 0.3) is 0 Å². The lowest BCUT2D eigenvalue weighted by molar-refractivity contribution is 0.161. The topological polar surface area (TPSA) is 62.3 Å². The van der Waals surface area contributed by atoms with Crippen molar-refractivity contribution < 1.29 is 9.47 Å². The summed E-state index contributed by atoms with van der Waals surface area (Å²) in [6.07, 6.45) is 4.60. The minimum absolute atomic E-state index is 0.0478. The van der Waals surface area contributed by atoms with Crippen LogP contribution in [0, 0.1) is 0 Å². The van der Waals surface area contributed by atoms with Gasteiger partial charge in [0.15, 0.2) is 0 Å². The Morgan fingerprint density at radius 3 is 2.90 bits per heavy atom. The zero-order valence-electron chi connectivity index (χ0n) is 12.6. The normalized spacial score (nSPS) is 21.0. The Kier molecular flexibility index (Phi) is 3.59. The van der Waals surface area contributed by atoms with Crippen LogP contribution in [-0.4, -0.2) is 16.9 Å². The highest BCUT2D eigenvalue weighted by Crippen LogP contribution is 2.41. The highest BCUT2D eigenvalue weighted by molar-refractivity contribution is 5.44. The molecule has 3 rings (SSSR count). The average Bonchev–Trinajstić information content (AvgIpc) is 2.97. The number of methoxy groups -OCH3 is 1. The molecule has 0 saturated heterocycles. The van der Waals surface area contributed by atoms with Crippen LogP contribution in [0.3, 0.4) is 0 Å². The molecule has 2 atom stereocenters. The highest BCUT2D eigenvalue weighted by atomic mass is 16.5. The third kappa shape index (κ3) is 2.61. The minimum Gasteiger partial charge on any atom is -0.497 e. The second-order valence-electron chi connectivity index (χ2n) is 5.70. The molecule has 1 aliphatic heterocycles. The van der Waals surface area contributed by atoms with Crippen LogP contribution < -0.4 is 15.2 Å². The maximum Gasteiger partial charge on any atom is 0.129 e. The quantitative estimate of drug-likeness (QED) is 0.942. The summed E-state index contributed by atoms with van der Waals surface area (Å²) >= 11 is 0. The predicted octanol–water partition coefficient (Wildman–Crippen LogP) is 3.00. The van der Waals surface area contributed by atoms with E-state index in [-0.39, 0.29) is 12.1 Å². The van der Waals surface area contributed by atoms with Gasteiger partial charge in [-0.2, -0.15) is 5.10 Å². The molecule has 0 saturated carbocycles. The molecule has 2 aromatic rings. The Morgan fingerprint density at radius 2 is 2.24 bits per heavy atom. The van der Waals surface area contributed by atoms with Gasteiger partial charge in [-0.1, -0.05) is 0 Å². The molecular formula is C16H21N3O2. The van der Waals surface area contributed by atoms with Gasteiger partial charge in [-0.25, -0.2) is 0 Å². The summed E-state index contributed by atoms with van der Waals surface area (Å²) < 4.78 is 13.3. The molecule has 2 heterocycles. The average molecular weight is 287 g/mol. The van der Waals surface area contributed by atoms with Gasteiger partial charge < -0.3 is 15.2 Å². The number of ether oxygens (including phenoxy) is 2. The predicted molar refractivity (Wildman–Crippen MR) is 80.5 cm³/mol. The molecule has 0 spiro atoms. The van der Waals surface area contributed by atoms with Crippen LogP contribution in [0.1, 0.15) is 49.6 Å². The van der Waals surface area contributed by atoms with Crippen LogP contribution in [-0.2, 0) is 0 Å². The lowest BCUT2D eigenvalue weighted by Gasteiger charge is -2.30. The van der Waals surface area contributed by atoms with Crippen LogP contribution in [0.4, 0.5) is 0 Å². The van der Waals surface area contributed by atoms with E-state index < -0.39 is 0 Å². The molecule has 1 unspecified atom stereocenters. The van der Waals surface area contributed by atoms with Crippen molar-refractivity contribution in [2.75, 3.05) is 7.11 Å². The Labute approximate surface area is 124 Å². The van der Waals surface area contributed by atoms with Crippen molar-refractivity contribution in [2.24, 2.45) is 5.73 Å². The maximum absolute atomic E-state index is 6.30. The van der Waals surface area contributed by atoms with Gasteiger partial charge in [-0.3, -0.25) is 4.68 Å². The van der Waals surface area contributed by atoms with Crippen molar-refractivity contribution >= 4 is 0 Å². The van der Waals surface area contributed by atoms with E-state index in [4.69, 9.17) is 15.2 Å². The van der Waals surface area contributed by atoms with Gasteiger partial charge in [-0.05, 0) is 32.0 Å². The number of aromatic nitrogens is 2. The van der Waals surface area contributed by atoms with Crippen molar-refractivity contribution in [3.05, 3.63) is 41.7 Å². The van der Waals surface area contributed by atoms with Crippen LogP contribution >= 0.6 is 0 Å². The van der Waals surface area contributed by atoms with E-state index in [0.29, 0.717) is 6.04 Å². The minimum atomic E-state index is -0.0590. The lowest BCUT2D eigenvalue weighted by Crippen LogP contribution is -2.24. The zero-order chi connectivity index (χ0) is 15.0. The third-order valence-corrected chi connectivity index (χ3v) is 3.88. The first kappa shape index (κ1) is 13.9. The first-order valence-electron chi connectivity index (χ1n) is 7.22. The standard InChI is InChI=1S/C16H21N3O2/c1-10(2)19-9-11(8-18-19)16-7-14(17)13-6-12(20-3)4-5-15(13)21-16/h4-6,8-10,14,16H,7,17H2,1-3H3/t14-,16?/m0/s1. The Hall–Kier alpha value is -2.01. The summed E-state index contributed by atoms with van der Waals surface area (Å²) in [6, 6.07) is 6.05. The van der Waals surface area contributed by atoms with Crippen LogP contribution in [0.15, 0.2) is 30.6 Å². The number of rotatable bonds is 3. The van der Waals surface area contributed by atoms with Gasteiger partial charge in [0.2, 0.25) is 0 Å². The Morgan fingerprint density at radius 1 is 1.43 bits per heavy atom. The van der Waals surface area contributed by atoms with Crippen molar-refractivity contribution in [3.8, 4) is 11.5 Å². The molecule has 112 valence electrons. The molecular weight excluding hydrogens is 266 g/mol. The molecule has 0 amide bonds. The molecule has 1 aromatic carbocycles. The van der Waals surface area contributed by atoms with Crippen LogP contribution in [0.2, 0.25) is 0 Å². The van der Waals surface area contributed by atoms with Crippen molar-refractivity contribution in [1.29, 1.82) is 0 Å². The van der Waals surface area contributed by atoms with E-state index in [1.165, 1.54) is 0 Å². The zero-order valence-corrected chi connectivity index (χ0v) is 12.6. The van der Waals surface area contributed by atoms with Crippen LogP contribution in [0.25, 0.3) is 0 Å². The largest absolute Gasteiger partial charge is 0.497 e. The number of nitrogens with two attached hydrogens (primary N) is 1. The fourth-order valence-corrected chi connectivity index (χ4v) is 2.62. The van der Waals surface area contributed by atoms with E-state index in [9.17, 15) is 0 Å². The molecule has 0 aliphatic carbocycles. The summed E-state index contributed by atoms with van der Waals surface area (Å²) in [6.45, 7) is 4.21. The monoisotopic (exact) mass is 287 g/mol. The summed E-state index contributed by atoms with van der Waals surface area (Å²) in [4.78, 5) is 0. The SMILES string of the molecule is COc1ccc2c(c1)[C@@H](N)CC(c1cnn(C(C)C)c1)O2. The number of hydrogen-bond acceptors (Lipinski definition) is 4. The van der Waals surface area contributed by atoms with E-state index in [2.05, 4.69) is 18.9 Å². The lowest BCUT2D eigenvalue weighted by atomic mass is 9.94. The molecule has 5 heteroatoms. The van der Waals surface area contributed by atoms with Crippen molar-refractivity contribution in [3.63, 3.8) is 0 Å². The third-order valence-electron chi connectivity index (χ3n) is 3.88. The number of fused-ring (bicyclic) bond motifs is 1.